The van der Waals surface area contributed by atoms with Crippen LogP contribution < -0.4 is 10.2 Å². The first-order valence-corrected chi connectivity index (χ1v) is 11.4. The summed E-state index contributed by atoms with van der Waals surface area (Å²) in [6.45, 7) is 7.53. The van der Waals surface area contributed by atoms with Crippen LogP contribution in [0.1, 0.15) is 62.2 Å². The molecule has 1 amide bonds. The first kappa shape index (κ1) is 21.8. The van der Waals surface area contributed by atoms with E-state index in [4.69, 9.17) is 0 Å². The van der Waals surface area contributed by atoms with E-state index < -0.39 is 10.8 Å². The zero-order chi connectivity index (χ0) is 23.7. The second kappa shape index (κ2) is 7.22. The van der Waals surface area contributed by atoms with Gasteiger partial charge in [-0.3, -0.25) is 4.79 Å². The molecule has 2 heterocycles. The molecule has 7 heteroatoms. The summed E-state index contributed by atoms with van der Waals surface area (Å²) in [6.07, 6.45) is 1.60. The molecule has 1 aliphatic heterocycles. The Kier molecular flexibility index (Phi) is 4.76. The van der Waals surface area contributed by atoms with Crippen LogP contribution in [0.25, 0.3) is 10.9 Å². The lowest BCUT2D eigenvalue weighted by molar-refractivity contribution is -0.121. The molecule has 2 aliphatic rings. The molecular weight excluding hydrogens is 419 g/mol. The molecule has 1 unspecified atom stereocenters. The highest BCUT2D eigenvalue weighted by molar-refractivity contribution is 6.10. The number of anilines is 2. The van der Waals surface area contributed by atoms with Crippen LogP contribution >= 0.6 is 0 Å². The molecule has 1 atom stereocenters. The number of nitrogens with zero attached hydrogens (tertiary/aromatic N) is 3. The van der Waals surface area contributed by atoms with Gasteiger partial charge in [-0.15, -0.1) is 0 Å². The Bertz CT molecular complexity index is 1300. The predicted octanol–water partition coefficient (Wildman–Crippen LogP) is 4.53. The van der Waals surface area contributed by atoms with Gasteiger partial charge in [0.05, 0.1) is 23.6 Å². The maximum absolute atomic E-state index is 15.5. The summed E-state index contributed by atoms with van der Waals surface area (Å²) in [5.74, 6) is 0.967. The highest BCUT2D eigenvalue weighted by atomic mass is 19.1. The van der Waals surface area contributed by atoms with Gasteiger partial charge in [0.1, 0.15) is 17.5 Å². The minimum absolute atomic E-state index is 0.0390. The number of carbonyl (C=O) groups is 1. The maximum atomic E-state index is 15.5. The van der Waals surface area contributed by atoms with Crippen LogP contribution in [-0.4, -0.2) is 34.6 Å². The van der Waals surface area contributed by atoms with E-state index in [0.29, 0.717) is 22.8 Å². The summed E-state index contributed by atoms with van der Waals surface area (Å²) >= 11 is 0. The van der Waals surface area contributed by atoms with Crippen LogP contribution in [0.5, 0.6) is 0 Å². The van der Waals surface area contributed by atoms with E-state index in [0.717, 1.165) is 35.0 Å². The Hall–Kier alpha value is -3.06. The van der Waals surface area contributed by atoms with Gasteiger partial charge in [0.25, 0.3) is 0 Å². The Morgan fingerprint density at radius 3 is 2.61 bits per heavy atom. The Labute approximate surface area is 192 Å². The van der Waals surface area contributed by atoms with Crippen LogP contribution in [0.4, 0.5) is 15.9 Å². The zero-order valence-corrected chi connectivity index (χ0v) is 19.7. The molecule has 172 valence electrons. The average molecular weight is 449 g/mol. The van der Waals surface area contributed by atoms with E-state index in [9.17, 15) is 9.90 Å². The lowest BCUT2D eigenvalue weighted by Gasteiger charge is -2.21. The lowest BCUT2D eigenvalue weighted by Crippen LogP contribution is -2.33. The molecule has 1 fully saturated rings. The monoisotopic (exact) mass is 448 g/mol. The van der Waals surface area contributed by atoms with Crippen molar-refractivity contribution in [2.75, 3.05) is 23.9 Å². The zero-order valence-electron chi connectivity index (χ0n) is 19.7. The second-order valence-electron chi connectivity index (χ2n) is 10.0. The maximum Gasteiger partial charge on any atom is 0.236 e. The van der Waals surface area contributed by atoms with Crippen LogP contribution in [0.2, 0.25) is 0 Å². The number of carbonyl (C=O) groups excluding carboxylic acids is 1. The summed E-state index contributed by atoms with van der Waals surface area (Å²) in [5.41, 5.74) is 2.59. The summed E-state index contributed by atoms with van der Waals surface area (Å²) in [6, 6.07) is 8.95. The number of hydrogen-bond donors (Lipinski definition) is 2. The standard InChI is InChI=1S/C26H29FN4O2/c1-14(16-7-6-8-18(22(16)27)26(13-32)9-10-26)28-23-17-11-21-19(12-20(17)29-15(2)30-23)25(3,4)24(33)31(21)5/h6-8,11-12,14,32H,9-10,13H2,1-5H3,(H,28,29,30). The summed E-state index contributed by atoms with van der Waals surface area (Å²) in [4.78, 5) is 23.7. The van der Waals surface area contributed by atoms with Gasteiger partial charge in [0.2, 0.25) is 5.91 Å². The molecule has 1 aromatic heterocycles. The van der Waals surface area contributed by atoms with Gasteiger partial charge in [-0.25, -0.2) is 14.4 Å². The van der Waals surface area contributed by atoms with Crippen LogP contribution in [0.3, 0.4) is 0 Å². The fraction of sp³-hybridized carbons (Fsp3) is 0.423. The van der Waals surface area contributed by atoms with Crippen molar-refractivity contribution in [2.45, 2.75) is 57.4 Å². The number of amides is 1. The first-order valence-electron chi connectivity index (χ1n) is 11.4. The Morgan fingerprint density at radius 2 is 1.94 bits per heavy atom. The van der Waals surface area contributed by atoms with Crippen LogP contribution in [-0.2, 0) is 15.6 Å². The fourth-order valence-corrected chi connectivity index (χ4v) is 5.05. The molecule has 2 aromatic carbocycles. The third-order valence-corrected chi connectivity index (χ3v) is 7.37. The van der Waals surface area contributed by atoms with Gasteiger partial charge in [0, 0.05) is 29.1 Å². The van der Waals surface area contributed by atoms with Crippen molar-refractivity contribution >= 4 is 28.3 Å². The molecule has 3 aromatic rings. The molecular formula is C26H29FN4O2. The number of aliphatic hydroxyl groups excluding tert-OH is 1. The molecule has 1 saturated carbocycles. The third-order valence-electron chi connectivity index (χ3n) is 7.37. The van der Waals surface area contributed by atoms with E-state index in [1.165, 1.54) is 0 Å². The van der Waals surface area contributed by atoms with Gasteiger partial charge < -0.3 is 15.3 Å². The molecule has 5 rings (SSSR count). The molecule has 1 aliphatic carbocycles. The molecule has 6 nitrogen and oxygen atoms in total. The molecule has 0 radical (unpaired) electrons. The van der Waals surface area contributed by atoms with Gasteiger partial charge >= 0.3 is 0 Å². The number of rotatable bonds is 5. The summed E-state index contributed by atoms with van der Waals surface area (Å²) in [7, 11) is 1.78. The van der Waals surface area contributed by atoms with E-state index in [1.807, 2.05) is 45.9 Å². The average Bonchev–Trinajstić information content (AvgIpc) is 3.55. The highest BCUT2D eigenvalue weighted by Crippen LogP contribution is 2.49. The Balaban J connectivity index is 1.57. The number of aromatic nitrogens is 2. The van der Waals surface area contributed by atoms with E-state index in [2.05, 4.69) is 15.3 Å². The van der Waals surface area contributed by atoms with Crippen molar-refractivity contribution in [3.8, 4) is 0 Å². The normalized spacial score (nSPS) is 19.0. The van der Waals surface area contributed by atoms with E-state index in [1.54, 1.807) is 24.1 Å². The number of hydrogen-bond acceptors (Lipinski definition) is 5. The number of fused-ring (bicyclic) bond motifs is 2. The van der Waals surface area contributed by atoms with Gasteiger partial charge in [-0.2, -0.15) is 0 Å². The van der Waals surface area contributed by atoms with Gasteiger partial charge in [-0.1, -0.05) is 18.2 Å². The highest BCUT2D eigenvalue weighted by Gasteiger charge is 2.46. The SMILES string of the molecule is Cc1nc(NC(C)c2cccc(C3(CO)CC3)c2F)c2cc3c(cc2n1)C(C)(C)C(=O)N3C. The van der Waals surface area contributed by atoms with Crippen molar-refractivity contribution in [2.24, 2.45) is 0 Å². The minimum Gasteiger partial charge on any atom is -0.395 e. The van der Waals surface area contributed by atoms with Gasteiger partial charge in [-0.05, 0) is 63.8 Å². The van der Waals surface area contributed by atoms with Crippen molar-refractivity contribution < 1.29 is 14.3 Å². The summed E-state index contributed by atoms with van der Waals surface area (Å²) < 4.78 is 15.5. The number of halogens is 1. The molecule has 0 bridgehead atoms. The quantitative estimate of drug-likeness (QED) is 0.600. The van der Waals surface area contributed by atoms with Crippen molar-refractivity contribution in [3.05, 3.63) is 58.7 Å². The largest absolute Gasteiger partial charge is 0.395 e. The van der Waals surface area contributed by atoms with Crippen LogP contribution in [0.15, 0.2) is 30.3 Å². The van der Waals surface area contributed by atoms with E-state index in [-0.39, 0.29) is 24.4 Å². The number of aryl methyl sites for hydroxylation is 1. The summed E-state index contributed by atoms with van der Waals surface area (Å²) in [5, 5.41) is 13.9. The number of benzene rings is 2. The fourth-order valence-electron chi connectivity index (χ4n) is 5.05. The van der Waals surface area contributed by atoms with Crippen LogP contribution in [0, 0.1) is 12.7 Å². The molecule has 0 saturated heterocycles. The topological polar surface area (TPSA) is 78.4 Å². The van der Waals surface area contributed by atoms with Crippen molar-refractivity contribution in [1.82, 2.24) is 9.97 Å². The Morgan fingerprint density at radius 1 is 1.21 bits per heavy atom. The number of nitrogens with one attached hydrogen (secondary N) is 1. The smallest absolute Gasteiger partial charge is 0.236 e. The molecule has 0 spiro atoms. The molecule has 33 heavy (non-hydrogen) atoms. The first-order chi connectivity index (χ1) is 15.6. The third kappa shape index (κ3) is 3.21. The van der Waals surface area contributed by atoms with Crippen molar-refractivity contribution in [1.29, 1.82) is 0 Å². The molecule has 2 N–H and O–H groups in total. The lowest BCUT2D eigenvalue weighted by atomic mass is 9.85. The number of likely N-dealkylation sites (N-methyl/N-ethyl adjacent to an activating group) is 1. The predicted molar refractivity (Wildman–Crippen MR) is 127 cm³/mol. The van der Waals surface area contributed by atoms with Gasteiger partial charge in [0.15, 0.2) is 0 Å². The second-order valence-corrected chi connectivity index (χ2v) is 10.0. The van der Waals surface area contributed by atoms with Crippen molar-refractivity contribution in [3.63, 3.8) is 0 Å². The number of aliphatic hydroxyl groups is 1. The van der Waals surface area contributed by atoms with E-state index >= 15 is 4.39 Å². The minimum atomic E-state index is -0.618.